The highest BCUT2D eigenvalue weighted by atomic mass is 35.5. The Balaban J connectivity index is 0.00000289. The Bertz CT molecular complexity index is 342. The molecule has 2 N–H and O–H groups in total. The predicted molar refractivity (Wildman–Crippen MR) is 74.6 cm³/mol. The Hall–Kier alpha value is -1.10. The second-order valence-corrected chi connectivity index (χ2v) is 4.03. The number of carbonyl (C=O) groups is 1. The Kier molecular flexibility index (Phi) is 8.37. The molecule has 18 heavy (non-hydrogen) atoms. The molecule has 0 fully saturated rings. The zero-order valence-corrected chi connectivity index (χ0v) is 11.7. The maximum atomic E-state index is 11.9. The first-order chi connectivity index (χ1) is 8.17. The average Bonchev–Trinajstić information content (AvgIpc) is 2.36. The van der Waals surface area contributed by atoms with E-state index in [4.69, 9.17) is 10.5 Å². The topological polar surface area (TPSA) is 55.6 Å². The van der Waals surface area contributed by atoms with Crippen molar-refractivity contribution >= 4 is 18.3 Å². The van der Waals surface area contributed by atoms with Gasteiger partial charge in [0.15, 0.2) is 0 Å². The molecule has 5 heteroatoms. The van der Waals surface area contributed by atoms with E-state index >= 15 is 0 Å². The number of rotatable bonds is 6. The third kappa shape index (κ3) is 5.49. The second-order valence-electron chi connectivity index (χ2n) is 4.03. The van der Waals surface area contributed by atoms with Gasteiger partial charge in [0.05, 0.1) is 12.5 Å². The van der Waals surface area contributed by atoms with E-state index in [1.165, 1.54) is 0 Å². The van der Waals surface area contributed by atoms with Crippen LogP contribution in [0.15, 0.2) is 30.3 Å². The number of amides is 1. The van der Waals surface area contributed by atoms with E-state index in [-0.39, 0.29) is 24.4 Å². The molecule has 0 aliphatic carbocycles. The third-order valence-corrected chi connectivity index (χ3v) is 2.69. The maximum absolute atomic E-state index is 11.9. The predicted octanol–water partition coefficient (Wildman–Crippen LogP) is 1.43. The first-order valence-corrected chi connectivity index (χ1v) is 5.68. The van der Waals surface area contributed by atoms with Crippen LogP contribution in [-0.2, 0) is 16.1 Å². The molecular weight excluding hydrogens is 252 g/mol. The van der Waals surface area contributed by atoms with Gasteiger partial charge in [-0.05, 0) is 5.56 Å². The molecule has 1 rings (SSSR count). The molecule has 0 radical (unpaired) electrons. The number of hydrogen-bond donors (Lipinski definition) is 1. The van der Waals surface area contributed by atoms with Gasteiger partial charge in [0, 0.05) is 27.2 Å². The first-order valence-electron chi connectivity index (χ1n) is 5.68. The summed E-state index contributed by atoms with van der Waals surface area (Å²) in [6.07, 6.45) is 0.136. The van der Waals surface area contributed by atoms with Gasteiger partial charge in [-0.1, -0.05) is 30.3 Å². The van der Waals surface area contributed by atoms with Crippen LogP contribution in [0.3, 0.4) is 0 Å². The fourth-order valence-corrected chi connectivity index (χ4v) is 1.56. The van der Waals surface area contributed by atoms with E-state index in [1.54, 1.807) is 19.1 Å². The lowest BCUT2D eigenvalue weighted by Gasteiger charge is -2.20. The molecular formula is C13H21ClN2O2. The number of nitrogens with two attached hydrogens (primary N) is 1. The van der Waals surface area contributed by atoms with Crippen molar-refractivity contribution in [3.8, 4) is 0 Å². The molecule has 1 aromatic rings. The SMILES string of the molecule is COC(CN)CC(=O)N(C)Cc1ccccc1.Cl. The summed E-state index contributed by atoms with van der Waals surface area (Å²) in [5.41, 5.74) is 6.60. The van der Waals surface area contributed by atoms with Crippen LogP contribution in [0.5, 0.6) is 0 Å². The van der Waals surface area contributed by atoms with Crippen molar-refractivity contribution in [3.63, 3.8) is 0 Å². The van der Waals surface area contributed by atoms with Crippen LogP contribution in [0.4, 0.5) is 0 Å². The van der Waals surface area contributed by atoms with Crippen molar-refractivity contribution < 1.29 is 9.53 Å². The summed E-state index contributed by atoms with van der Waals surface area (Å²) in [5, 5.41) is 0. The number of nitrogens with zero attached hydrogens (tertiary/aromatic N) is 1. The summed E-state index contributed by atoms with van der Waals surface area (Å²) < 4.78 is 5.10. The van der Waals surface area contributed by atoms with Crippen LogP contribution in [0.25, 0.3) is 0 Å². The molecule has 1 amide bonds. The van der Waals surface area contributed by atoms with Crippen molar-refractivity contribution in [2.75, 3.05) is 20.7 Å². The minimum atomic E-state index is -0.194. The molecule has 0 heterocycles. The number of benzene rings is 1. The smallest absolute Gasteiger partial charge is 0.225 e. The average molecular weight is 273 g/mol. The van der Waals surface area contributed by atoms with Crippen LogP contribution < -0.4 is 5.73 Å². The second kappa shape index (κ2) is 8.91. The minimum Gasteiger partial charge on any atom is -0.380 e. The molecule has 1 atom stereocenters. The fraction of sp³-hybridized carbons (Fsp3) is 0.462. The van der Waals surface area contributed by atoms with Crippen LogP contribution in [0.1, 0.15) is 12.0 Å². The summed E-state index contributed by atoms with van der Waals surface area (Å²) >= 11 is 0. The van der Waals surface area contributed by atoms with Gasteiger partial charge in [-0.3, -0.25) is 4.79 Å². The van der Waals surface area contributed by atoms with Crippen molar-refractivity contribution in [3.05, 3.63) is 35.9 Å². The summed E-state index contributed by atoms with van der Waals surface area (Å²) in [6, 6.07) is 9.89. The Morgan fingerprint density at radius 2 is 2.00 bits per heavy atom. The molecule has 1 unspecified atom stereocenters. The Morgan fingerprint density at radius 1 is 1.39 bits per heavy atom. The van der Waals surface area contributed by atoms with E-state index in [9.17, 15) is 4.79 Å². The largest absolute Gasteiger partial charge is 0.380 e. The highest BCUT2D eigenvalue weighted by molar-refractivity contribution is 5.85. The van der Waals surface area contributed by atoms with Gasteiger partial charge in [-0.25, -0.2) is 0 Å². The third-order valence-electron chi connectivity index (χ3n) is 2.69. The summed E-state index contributed by atoms with van der Waals surface area (Å²) in [7, 11) is 3.36. The summed E-state index contributed by atoms with van der Waals surface area (Å²) in [5.74, 6) is 0.0474. The van der Waals surface area contributed by atoms with Crippen molar-refractivity contribution in [1.82, 2.24) is 4.90 Å². The van der Waals surface area contributed by atoms with Crippen LogP contribution in [-0.4, -0.2) is 37.6 Å². The van der Waals surface area contributed by atoms with E-state index in [1.807, 2.05) is 30.3 Å². The quantitative estimate of drug-likeness (QED) is 0.852. The molecule has 0 saturated carbocycles. The molecule has 0 aliphatic rings. The number of hydrogen-bond acceptors (Lipinski definition) is 3. The first kappa shape index (κ1) is 16.9. The van der Waals surface area contributed by atoms with E-state index in [0.29, 0.717) is 19.5 Å². The van der Waals surface area contributed by atoms with Crippen LogP contribution >= 0.6 is 12.4 Å². The van der Waals surface area contributed by atoms with Crippen molar-refractivity contribution in [2.24, 2.45) is 5.73 Å². The van der Waals surface area contributed by atoms with Gasteiger partial charge in [0.1, 0.15) is 0 Å². The van der Waals surface area contributed by atoms with Crippen molar-refractivity contribution in [2.45, 2.75) is 19.1 Å². The minimum absolute atomic E-state index is 0. The van der Waals surface area contributed by atoms with Gasteiger partial charge in [0.2, 0.25) is 5.91 Å². The molecule has 0 saturated heterocycles. The molecule has 0 aliphatic heterocycles. The highest BCUT2D eigenvalue weighted by Gasteiger charge is 2.15. The van der Waals surface area contributed by atoms with Crippen LogP contribution in [0, 0.1) is 0 Å². The van der Waals surface area contributed by atoms with E-state index < -0.39 is 0 Å². The summed E-state index contributed by atoms with van der Waals surface area (Å²) in [4.78, 5) is 13.6. The van der Waals surface area contributed by atoms with Gasteiger partial charge in [0.25, 0.3) is 0 Å². The van der Waals surface area contributed by atoms with Gasteiger partial charge >= 0.3 is 0 Å². The van der Waals surface area contributed by atoms with Crippen molar-refractivity contribution in [1.29, 1.82) is 0 Å². The number of methoxy groups -OCH3 is 1. The maximum Gasteiger partial charge on any atom is 0.225 e. The lowest BCUT2D eigenvalue weighted by atomic mass is 10.2. The molecule has 0 bridgehead atoms. The monoisotopic (exact) mass is 272 g/mol. The summed E-state index contributed by atoms with van der Waals surface area (Å²) in [6.45, 7) is 0.974. The molecule has 102 valence electrons. The molecule has 0 spiro atoms. The Morgan fingerprint density at radius 3 is 2.50 bits per heavy atom. The number of carbonyl (C=O) groups excluding carboxylic acids is 1. The highest BCUT2D eigenvalue weighted by Crippen LogP contribution is 2.06. The van der Waals surface area contributed by atoms with Gasteiger partial charge in [-0.2, -0.15) is 0 Å². The number of ether oxygens (including phenoxy) is 1. The molecule has 0 aromatic heterocycles. The molecule has 4 nitrogen and oxygen atoms in total. The van der Waals surface area contributed by atoms with E-state index in [0.717, 1.165) is 5.56 Å². The Labute approximate surface area is 115 Å². The lowest BCUT2D eigenvalue weighted by Crippen LogP contribution is -2.33. The zero-order chi connectivity index (χ0) is 12.7. The van der Waals surface area contributed by atoms with Gasteiger partial charge < -0.3 is 15.4 Å². The van der Waals surface area contributed by atoms with E-state index in [2.05, 4.69) is 0 Å². The lowest BCUT2D eigenvalue weighted by molar-refractivity contribution is -0.132. The normalized spacial score (nSPS) is 11.5. The fourth-order valence-electron chi connectivity index (χ4n) is 1.56. The van der Waals surface area contributed by atoms with Crippen LogP contribution in [0.2, 0.25) is 0 Å². The number of halogens is 1. The van der Waals surface area contributed by atoms with Gasteiger partial charge in [-0.15, -0.1) is 12.4 Å². The standard InChI is InChI=1S/C13H20N2O2.ClH/c1-15(10-11-6-4-3-5-7-11)13(16)8-12(9-14)17-2;/h3-7,12H,8-10,14H2,1-2H3;1H. The zero-order valence-electron chi connectivity index (χ0n) is 10.8. The molecule has 1 aromatic carbocycles.